The lowest BCUT2D eigenvalue weighted by molar-refractivity contribution is -0.156. The molecule has 0 aliphatic carbocycles. The summed E-state index contributed by atoms with van der Waals surface area (Å²) in [6.07, 6.45) is 12.2. The van der Waals surface area contributed by atoms with E-state index in [1.54, 1.807) is 27.7 Å². The molecule has 6 aliphatic rings. The van der Waals surface area contributed by atoms with Crippen LogP contribution in [0.3, 0.4) is 0 Å². The predicted octanol–water partition coefficient (Wildman–Crippen LogP) is 12.2. The highest BCUT2D eigenvalue weighted by atomic mass is 127. The van der Waals surface area contributed by atoms with Crippen LogP contribution in [0.4, 0.5) is 13.2 Å². The fraction of sp³-hybridized carbons (Fsp3) is 0.900. The van der Waals surface area contributed by atoms with Crippen molar-refractivity contribution in [2.75, 3.05) is 41.0 Å². The highest BCUT2D eigenvalue weighted by Crippen LogP contribution is 2.48. The molecule has 6 aliphatic heterocycles. The first-order valence-corrected chi connectivity index (χ1v) is 37.9. The zero-order valence-electron chi connectivity index (χ0n) is 53.0. The normalized spacial score (nSPS) is 30.7. The van der Waals surface area contributed by atoms with Gasteiger partial charge in [0.2, 0.25) is 0 Å². The van der Waals surface area contributed by atoms with Gasteiger partial charge in [0.15, 0.2) is 9.46 Å². The Hall–Kier alpha value is -0.0900. The van der Waals surface area contributed by atoms with Gasteiger partial charge >= 0.3 is 27.6 Å². The van der Waals surface area contributed by atoms with Gasteiger partial charge in [-0.05, 0) is 157 Å². The van der Waals surface area contributed by atoms with Crippen molar-refractivity contribution < 1.29 is 92.3 Å². The summed E-state index contributed by atoms with van der Waals surface area (Å²) in [5.41, 5.74) is -6.64. The van der Waals surface area contributed by atoms with Crippen LogP contribution in [-0.2, 0) is 71.2 Å². The largest absolute Gasteiger partial charge is 0.534 e. The van der Waals surface area contributed by atoms with Crippen molar-refractivity contribution in [2.45, 2.75) is 257 Å². The minimum absolute atomic E-state index is 0. The number of alkyl halides is 5. The molecule has 3 N–H and O–H groups in total. The van der Waals surface area contributed by atoms with Crippen LogP contribution in [0.5, 0.6) is 0 Å². The van der Waals surface area contributed by atoms with Gasteiger partial charge in [-0.25, -0.2) is 8.42 Å². The zero-order valence-corrected chi connectivity index (χ0v) is 61.5. The molecule has 6 fully saturated rings. The second-order valence-corrected chi connectivity index (χ2v) is 33.5. The topological polar surface area (TPSA) is 237 Å². The van der Waals surface area contributed by atoms with E-state index in [0.717, 1.165) is 87.4 Å². The number of carbonyl (C=O) groups excluding carboxylic acids is 2. The highest BCUT2D eigenvalue weighted by molar-refractivity contribution is 14.1. The Morgan fingerprint density at radius 2 is 1.17 bits per heavy atom. The summed E-state index contributed by atoms with van der Waals surface area (Å²) in [5.74, 6) is -1.04. The molecule has 6 saturated heterocycles. The minimum atomic E-state index is -5.74. The van der Waals surface area contributed by atoms with Gasteiger partial charge in [0.1, 0.15) is 17.0 Å². The van der Waals surface area contributed by atoms with Crippen molar-refractivity contribution in [3.8, 4) is 0 Å². The third-order valence-electron chi connectivity index (χ3n) is 17.3. The van der Waals surface area contributed by atoms with Crippen molar-refractivity contribution in [1.29, 1.82) is 0 Å². The van der Waals surface area contributed by atoms with E-state index < -0.39 is 59.3 Å². The molecule has 0 amide bonds. The van der Waals surface area contributed by atoms with Crippen LogP contribution in [-0.4, -0.2) is 152 Å². The maximum absolute atomic E-state index is 12.6. The molecule has 0 aromatic heterocycles. The first-order valence-electron chi connectivity index (χ1n) is 30.3. The van der Waals surface area contributed by atoms with Gasteiger partial charge in [-0.3, -0.25) is 9.59 Å². The Labute approximate surface area is 546 Å². The molecule has 17 nitrogen and oxygen atoms in total. The lowest BCUT2D eigenvalue weighted by Crippen LogP contribution is -2.50. The van der Waals surface area contributed by atoms with Crippen LogP contribution in [0, 0.1) is 40.4 Å². The fourth-order valence-corrected chi connectivity index (χ4v) is 16.0. The van der Waals surface area contributed by atoms with Crippen LogP contribution in [0.25, 0.3) is 0 Å². The third-order valence-corrected chi connectivity index (χ3v) is 22.3. The average molecular weight is 1540 g/mol. The van der Waals surface area contributed by atoms with Crippen molar-refractivity contribution in [2.24, 2.45) is 40.4 Å². The Morgan fingerprint density at radius 3 is 1.56 bits per heavy atom. The summed E-state index contributed by atoms with van der Waals surface area (Å²) in [6, 6.07) is 0. The van der Waals surface area contributed by atoms with Gasteiger partial charge in [-0.2, -0.15) is 31.5 Å². The second kappa shape index (κ2) is 36.0. The standard InChI is InChI=1S/C34H60IO8PS.C22H34F3IO7S.C4H8O.H2O.H3P/c1-9-21(2)15-29-24(5)27(19-45(38,39)44)30(42-29)17-28(36)23(4)22(3)16-25-12-13-31-34(20-35,43-25)18-26(41-31)11-10-14-40-32(37)33(6,7)8;1-14(15(2)33-34(28,29)22(23,24)25)11-16-8-9-18-21(13-26,32-16)12-17(31-18)7-6-10-30-19(27)20(3,4)5;1-2-4-5-3-1;;/h21-22,24-31,36H,4,9-20,44H2,1-3,5-8H3;14,16-18H,2,6-13H2,1,3-5H3;1-4H2;1H2;1H3/t21-,22-,24-,25?,26+,27-,28-,29-,30+,31+,34-;14-,16-,17+,18+,21-;;;/m11.../s1. The van der Waals surface area contributed by atoms with Crippen molar-refractivity contribution in [1.82, 2.24) is 0 Å². The number of halogens is 5. The first-order chi connectivity index (χ1) is 38.9. The molecule has 0 aromatic carbocycles. The molecule has 6 rings (SSSR count). The Balaban J connectivity index is 0.000000546. The number of rotatable bonds is 26. The maximum atomic E-state index is 12.6. The minimum Gasteiger partial charge on any atom is -0.465 e. The molecular weight excluding hydrogens is 1430 g/mol. The quantitative estimate of drug-likeness (QED) is 0.00975. The van der Waals surface area contributed by atoms with E-state index in [2.05, 4.69) is 90.2 Å². The summed E-state index contributed by atoms with van der Waals surface area (Å²) in [6.45, 7) is 31.5. The van der Waals surface area contributed by atoms with Crippen LogP contribution in [0.15, 0.2) is 24.5 Å². The van der Waals surface area contributed by atoms with Crippen molar-refractivity contribution in [3.05, 3.63) is 24.5 Å². The van der Waals surface area contributed by atoms with Gasteiger partial charge < -0.3 is 52.7 Å². The van der Waals surface area contributed by atoms with Gasteiger partial charge in [0, 0.05) is 53.2 Å². The predicted molar refractivity (Wildman–Crippen MR) is 353 cm³/mol. The molecule has 506 valence electrons. The Kier molecular flexibility index (Phi) is 34.3. The summed E-state index contributed by atoms with van der Waals surface area (Å²) in [7, 11) is -7.03. The average Bonchev–Trinajstić information content (AvgIpc) is 1.69. The molecule has 6 heterocycles. The van der Waals surface area contributed by atoms with Crippen molar-refractivity contribution in [3.63, 3.8) is 0 Å². The van der Waals surface area contributed by atoms with E-state index in [-0.39, 0.29) is 112 Å². The number of ether oxygens (including phenoxy) is 8. The fourth-order valence-electron chi connectivity index (χ4n) is 11.8. The van der Waals surface area contributed by atoms with Gasteiger partial charge in [-0.1, -0.05) is 99.4 Å². The molecule has 0 radical (unpaired) electrons. The van der Waals surface area contributed by atoms with E-state index in [1.165, 1.54) is 12.8 Å². The lowest BCUT2D eigenvalue weighted by atomic mass is 9.82. The summed E-state index contributed by atoms with van der Waals surface area (Å²) >= 11 is 4.67. The molecule has 18 atom stereocenters. The van der Waals surface area contributed by atoms with E-state index >= 15 is 0 Å². The number of fused-ring (bicyclic) bond motifs is 2. The molecule has 0 saturated carbocycles. The molecule has 3 unspecified atom stereocenters. The van der Waals surface area contributed by atoms with E-state index in [4.69, 9.17) is 37.9 Å². The summed E-state index contributed by atoms with van der Waals surface area (Å²) in [5, 5.41) is 11.3. The number of esters is 2. The first kappa shape index (κ1) is 82.0. The molecule has 0 spiro atoms. The number of aliphatic hydroxyl groups excluding tert-OH is 1. The van der Waals surface area contributed by atoms with E-state index in [9.17, 15) is 44.7 Å². The summed E-state index contributed by atoms with van der Waals surface area (Å²) in [4.78, 5) is 24.0. The monoisotopic (exact) mass is 1540 g/mol. The van der Waals surface area contributed by atoms with Crippen LogP contribution in [0.1, 0.15) is 185 Å². The van der Waals surface area contributed by atoms with Crippen LogP contribution >= 0.6 is 63.5 Å². The smallest absolute Gasteiger partial charge is 0.465 e. The molecule has 86 heavy (non-hydrogen) atoms. The second-order valence-electron chi connectivity index (χ2n) is 26.7. The van der Waals surface area contributed by atoms with Crippen molar-refractivity contribution >= 4 is 95.0 Å². The van der Waals surface area contributed by atoms with Crippen LogP contribution < -0.4 is 0 Å². The zero-order chi connectivity index (χ0) is 63.2. The van der Waals surface area contributed by atoms with Crippen LogP contribution in [0.2, 0.25) is 0 Å². The summed E-state index contributed by atoms with van der Waals surface area (Å²) < 4.78 is 139. The molecule has 0 aromatic rings. The number of aliphatic hydroxyl groups is 1. The van der Waals surface area contributed by atoms with E-state index in [0.29, 0.717) is 49.2 Å². The SMILES string of the molecule is C1CCOC1.C=C(OS(=O)(=O)C(F)(F)F)[C@H](C)C[C@H]1CC[C@@H]2O[C@@H](CCCOC(=O)C(C)(C)C)C[C@]2(CI)O1.C=C([C@H](C)CC1CC[C@@H]2O[C@@H](CCCOC(=O)C(C)(C)C)C[C@]2(CI)O1)[C@H](O)C[C@@H]1O[C@H](C[C@H](C)CC)[C@H](C)[C@H]1CS(=O)(=O)P.O.P. The Bertz CT molecular complexity index is 2340. The van der Waals surface area contributed by atoms with Gasteiger partial charge in [-0.15, -0.1) is 0 Å². The molecule has 0 bridgehead atoms. The number of allylic oxidation sites excluding steroid dienone is 1. The van der Waals surface area contributed by atoms with Gasteiger partial charge in [0.25, 0.3) is 0 Å². The Morgan fingerprint density at radius 1 is 0.721 bits per heavy atom. The molecular formula is C60H107F3I2O17P2S2. The lowest BCUT2D eigenvalue weighted by Gasteiger charge is -2.42. The third kappa shape index (κ3) is 25.0. The number of carbonyl (C=O) groups is 2. The molecule has 26 heteroatoms. The highest BCUT2D eigenvalue weighted by Gasteiger charge is 2.55. The number of hydrogen-bond donors (Lipinski definition) is 1. The number of hydrogen-bond acceptors (Lipinski definition) is 16. The maximum Gasteiger partial charge on any atom is 0.534 e. The van der Waals surface area contributed by atoms with Gasteiger partial charge in [0.05, 0.1) is 84.7 Å². The van der Waals surface area contributed by atoms with E-state index in [1.807, 2.05) is 29.2 Å².